The van der Waals surface area contributed by atoms with Gasteiger partial charge < -0.3 is 0 Å². The van der Waals surface area contributed by atoms with Crippen LogP contribution >= 0.6 is 11.3 Å². The second-order valence-corrected chi connectivity index (χ2v) is 6.45. The van der Waals surface area contributed by atoms with Gasteiger partial charge >= 0.3 is 0 Å². The first-order valence-corrected chi connectivity index (χ1v) is 7.25. The van der Waals surface area contributed by atoms with Gasteiger partial charge in [-0.15, -0.1) is 11.3 Å². The van der Waals surface area contributed by atoms with Crippen LogP contribution in [0.3, 0.4) is 0 Å². The number of nitrogens with one attached hydrogen (secondary N) is 1. The predicted molar refractivity (Wildman–Crippen MR) is 72.7 cm³/mol. The van der Waals surface area contributed by atoms with Crippen molar-refractivity contribution in [1.29, 1.82) is 0 Å². The summed E-state index contributed by atoms with van der Waals surface area (Å²) in [4.78, 5) is 26.0. The minimum atomic E-state index is -0.138. The first kappa shape index (κ1) is 13.3. The highest BCUT2D eigenvalue weighted by molar-refractivity contribution is 7.12. The van der Waals surface area contributed by atoms with Gasteiger partial charge in [-0.2, -0.15) is 0 Å². The molecule has 0 aliphatic carbocycles. The molecule has 18 heavy (non-hydrogen) atoms. The van der Waals surface area contributed by atoms with E-state index in [1.165, 1.54) is 15.3 Å². The van der Waals surface area contributed by atoms with Crippen molar-refractivity contribution >= 4 is 23.2 Å². The van der Waals surface area contributed by atoms with Crippen LogP contribution in [0.1, 0.15) is 47.4 Å². The van der Waals surface area contributed by atoms with Gasteiger partial charge in [0.2, 0.25) is 11.8 Å². The minimum Gasteiger partial charge on any atom is -0.296 e. The van der Waals surface area contributed by atoms with Gasteiger partial charge in [0.15, 0.2) is 0 Å². The van der Waals surface area contributed by atoms with Gasteiger partial charge in [0.1, 0.15) is 0 Å². The van der Waals surface area contributed by atoms with Gasteiger partial charge in [0, 0.05) is 28.0 Å². The van der Waals surface area contributed by atoms with E-state index in [0.717, 1.165) is 12.8 Å². The van der Waals surface area contributed by atoms with Crippen molar-refractivity contribution in [2.24, 2.45) is 5.92 Å². The highest BCUT2D eigenvalue weighted by Crippen LogP contribution is 2.38. The molecule has 0 spiro atoms. The lowest BCUT2D eigenvalue weighted by molar-refractivity contribution is -0.137. The Hall–Kier alpha value is -1.16. The molecule has 3 nitrogen and oxygen atoms in total. The number of rotatable bonds is 3. The molecule has 2 unspecified atom stereocenters. The average Bonchev–Trinajstić information content (AvgIpc) is 2.61. The van der Waals surface area contributed by atoms with Crippen LogP contribution in [0.4, 0.5) is 0 Å². The van der Waals surface area contributed by atoms with Gasteiger partial charge in [-0.1, -0.05) is 13.3 Å². The van der Waals surface area contributed by atoms with Gasteiger partial charge in [-0.3, -0.25) is 14.9 Å². The summed E-state index contributed by atoms with van der Waals surface area (Å²) in [6, 6.07) is 2.14. The largest absolute Gasteiger partial charge is 0.296 e. The molecule has 1 aromatic heterocycles. The second-order valence-electron chi connectivity index (χ2n) is 4.99. The summed E-state index contributed by atoms with van der Waals surface area (Å²) in [7, 11) is 0. The number of hydrogen-bond acceptors (Lipinski definition) is 3. The molecule has 2 atom stereocenters. The summed E-state index contributed by atoms with van der Waals surface area (Å²) >= 11 is 1.74. The fourth-order valence-electron chi connectivity index (χ4n) is 2.79. The zero-order chi connectivity index (χ0) is 13.3. The quantitative estimate of drug-likeness (QED) is 0.854. The van der Waals surface area contributed by atoms with Crippen molar-refractivity contribution in [3.63, 3.8) is 0 Å². The smallest absolute Gasteiger partial charge is 0.230 e. The maximum atomic E-state index is 12.0. The van der Waals surface area contributed by atoms with E-state index in [-0.39, 0.29) is 23.7 Å². The Balaban J connectivity index is 2.34. The number of carbonyl (C=O) groups is 2. The van der Waals surface area contributed by atoms with E-state index < -0.39 is 0 Å². The maximum Gasteiger partial charge on any atom is 0.230 e. The number of hydrogen-bond donors (Lipinski definition) is 1. The molecule has 1 aliphatic rings. The molecule has 2 heterocycles. The summed E-state index contributed by atoms with van der Waals surface area (Å²) in [5, 5.41) is 2.47. The van der Waals surface area contributed by atoms with E-state index >= 15 is 0 Å². The Morgan fingerprint density at radius 1 is 1.39 bits per heavy atom. The van der Waals surface area contributed by atoms with Crippen molar-refractivity contribution in [1.82, 2.24) is 5.32 Å². The molecule has 0 saturated carbocycles. The van der Waals surface area contributed by atoms with Crippen LogP contribution < -0.4 is 5.32 Å². The van der Waals surface area contributed by atoms with Crippen molar-refractivity contribution < 1.29 is 9.59 Å². The molecule has 1 N–H and O–H groups in total. The van der Waals surface area contributed by atoms with E-state index in [1.54, 1.807) is 11.3 Å². The molecule has 4 heteroatoms. The highest BCUT2D eigenvalue weighted by atomic mass is 32.1. The van der Waals surface area contributed by atoms with Crippen LogP contribution in [0, 0.1) is 19.8 Å². The van der Waals surface area contributed by atoms with Crippen molar-refractivity contribution in [2.45, 2.75) is 46.0 Å². The van der Waals surface area contributed by atoms with Crippen LogP contribution in [0.5, 0.6) is 0 Å². The summed E-state index contributed by atoms with van der Waals surface area (Å²) in [5.74, 6) is -0.224. The lowest BCUT2D eigenvalue weighted by Gasteiger charge is -2.30. The molecule has 1 saturated heterocycles. The molecule has 0 radical (unpaired) electrons. The third-order valence-electron chi connectivity index (χ3n) is 3.57. The Morgan fingerprint density at radius 3 is 2.67 bits per heavy atom. The molecule has 0 bridgehead atoms. The maximum absolute atomic E-state index is 12.0. The molecular weight excluding hydrogens is 246 g/mol. The number of imide groups is 1. The Bertz CT molecular complexity index is 478. The van der Waals surface area contributed by atoms with E-state index in [0.29, 0.717) is 6.42 Å². The molecule has 1 fully saturated rings. The standard InChI is InChI=1S/C14H19NO2S/c1-4-5-10-12(7-13(16)15-14(10)17)11-6-8(2)18-9(11)3/h6,10,12H,4-5,7H2,1-3H3,(H,15,16,17). The van der Waals surface area contributed by atoms with Gasteiger partial charge in [-0.25, -0.2) is 0 Å². The molecule has 2 rings (SSSR count). The van der Waals surface area contributed by atoms with Gasteiger partial charge in [-0.05, 0) is 31.9 Å². The second kappa shape index (κ2) is 5.22. The van der Waals surface area contributed by atoms with Crippen molar-refractivity contribution in [2.75, 3.05) is 0 Å². The van der Waals surface area contributed by atoms with Crippen LogP contribution in [-0.4, -0.2) is 11.8 Å². The average molecular weight is 265 g/mol. The monoisotopic (exact) mass is 265 g/mol. The molecular formula is C14H19NO2S. The summed E-state index contributed by atoms with van der Waals surface area (Å²) < 4.78 is 0. The van der Waals surface area contributed by atoms with Gasteiger partial charge in [0.25, 0.3) is 0 Å². The topological polar surface area (TPSA) is 46.2 Å². The Labute approximate surface area is 112 Å². The lowest BCUT2D eigenvalue weighted by atomic mass is 9.78. The van der Waals surface area contributed by atoms with Gasteiger partial charge in [0.05, 0.1) is 0 Å². The van der Waals surface area contributed by atoms with E-state index in [9.17, 15) is 9.59 Å². The van der Waals surface area contributed by atoms with Crippen LogP contribution in [0.2, 0.25) is 0 Å². The number of amides is 2. The molecule has 1 aromatic rings. The normalized spacial score (nSPS) is 24.2. The first-order chi connectivity index (χ1) is 8.52. The van der Waals surface area contributed by atoms with Crippen LogP contribution in [0.25, 0.3) is 0 Å². The molecule has 98 valence electrons. The number of piperidine rings is 1. The third kappa shape index (κ3) is 2.48. The fraction of sp³-hybridized carbons (Fsp3) is 0.571. The summed E-state index contributed by atoms with van der Waals surface area (Å²) in [6.45, 7) is 6.22. The highest BCUT2D eigenvalue weighted by Gasteiger charge is 2.37. The lowest BCUT2D eigenvalue weighted by Crippen LogP contribution is -2.44. The molecule has 0 aromatic carbocycles. The zero-order valence-electron chi connectivity index (χ0n) is 11.1. The summed E-state index contributed by atoms with van der Waals surface area (Å²) in [5.41, 5.74) is 1.19. The number of carbonyl (C=O) groups excluding carboxylic acids is 2. The number of aryl methyl sites for hydroxylation is 2. The van der Waals surface area contributed by atoms with E-state index in [4.69, 9.17) is 0 Å². The number of thiophene rings is 1. The zero-order valence-corrected chi connectivity index (χ0v) is 11.9. The minimum absolute atomic E-state index is 0.0552. The summed E-state index contributed by atoms with van der Waals surface area (Å²) in [6.07, 6.45) is 2.25. The third-order valence-corrected chi connectivity index (χ3v) is 4.55. The van der Waals surface area contributed by atoms with E-state index in [1.807, 2.05) is 0 Å². The SMILES string of the molecule is CCCC1C(=O)NC(=O)CC1c1cc(C)sc1C. The van der Waals surface area contributed by atoms with Crippen molar-refractivity contribution in [3.8, 4) is 0 Å². The van der Waals surface area contributed by atoms with Crippen LogP contribution in [-0.2, 0) is 9.59 Å². The first-order valence-electron chi connectivity index (χ1n) is 6.43. The van der Waals surface area contributed by atoms with Crippen LogP contribution in [0.15, 0.2) is 6.07 Å². The predicted octanol–water partition coefficient (Wildman–Crippen LogP) is 2.91. The molecule has 1 aliphatic heterocycles. The Morgan fingerprint density at radius 2 is 2.11 bits per heavy atom. The molecule has 2 amide bonds. The fourth-order valence-corrected chi connectivity index (χ4v) is 3.79. The van der Waals surface area contributed by atoms with E-state index in [2.05, 4.69) is 32.2 Å². The Kier molecular flexibility index (Phi) is 3.85. The van der Waals surface area contributed by atoms with Crippen molar-refractivity contribution in [3.05, 3.63) is 21.4 Å².